The molecular formula is C20H17ClFNO5S. The first-order valence-electron chi connectivity index (χ1n) is 8.68. The molecule has 0 saturated carbocycles. The van der Waals surface area contributed by atoms with Gasteiger partial charge in [-0.3, -0.25) is 14.5 Å². The molecule has 0 unspecified atom stereocenters. The Kier molecular flexibility index (Phi) is 6.66. The van der Waals surface area contributed by atoms with Gasteiger partial charge in [0.05, 0.1) is 23.1 Å². The predicted molar refractivity (Wildman–Crippen MR) is 109 cm³/mol. The summed E-state index contributed by atoms with van der Waals surface area (Å²) in [6.45, 7) is 2.23. The third-order valence-corrected chi connectivity index (χ3v) is 5.11. The Hall–Kier alpha value is -2.71. The minimum absolute atomic E-state index is 0.0555. The quantitative estimate of drug-likeness (QED) is 0.633. The van der Waals surface area contributed by atoms with E-state index in [-0.39, 0.29) is 40.4 Å². The summed E-state index contributed by atoms with van der Waals surface area (Å²) >= 11 is 6.80. The van der Waals surface area contributed by atoms with Crippen molar-refractivity contribution in [1.29, 1.82) is 0 Å². The zero-order chi connectivity index (χ0) is 21.0. The van der Waals surface area contributed by atoms with E-state index in [1.54, 1.807) is 6.92 Å². The second-order valence-corrected chi connectivity index (χ2v) is 7.32. The predicted octanol–water partition coefficient (Wildman–Crippen LogP) is 4.70. The first-order chi connectivity index (χ1) is 13.9. The Morgan fingerprint density at radius 3 is 2.62 bits per heavy atom. The van der Waals surface area contributed by atoms with Crippen molar-refractivity contribution in [3.63, 3.8) is 0 Å². The number of rotatable bonds is 7. The van der Waals surface area contributed by atoms with Crippen LogP contribution in [0, 0.1) is 5.82 Å². The van der Waals surface area contributed by atoms with Crippen LogP contribution in [-0.4, -0.2) is 40.9 Å². The number of phenolic OH excluding ortho intramolecular Hbond substituents is 1. The minimum atomic E-state index is -0.454. The van der Waals surface area contributed by atoms with Crippen molar-refractivity contribution < 1.29 is 28.6 Å². The largest absolute Gasteiger partial charge is 0.503 e. The number of thioether (sulfide) groups is 1. The molecule has 1 saturated heterocycles. The van der Waals surface area contributed by atoms with E-state index in [9.17, 15) is 19.1 Å². The van der Waals surface area contributed by atoms with Gasteiger partial charge in [-0.05, 0) is 66.7 Å². The molecule has 1 fully saturated rings. The Bertz CT molecular complexity index is 964. The van der Waals surface area contributed by atoms with Crippen molar-refractivity contribution in [2.75, 3.05) is 19.8 Å². The number of carbonyl (C=O) groups excluding carboxylic acids is 2. The summed E-state index contributed by atoms with van der Waals surface area (Å²) in [4.78, 5) is 26.1. The number of benzene rings is 2. The number of phenols is 1. The van der Waals surface area contributed by atoms with Crippen LogP contribution in [0.15, 0.2) is 41.3 Å². The average Bonchev–Trinajstić information content (AvgIpc) is 2.94. The topological polar surface area (TPSA) is 76.1 Å². The van der Waals surface area contributed by atoms with Crippen molar-refractivity contribution in [1.82, 2.24) is 4.90 Å². The van der Waals surface area contributed by atoms with Crippen molar-refractivity contribution in [2.24, 2.45) is 0 Å². The van der Waals surface area contributed by atoms with Crippen LogP contribution in [0.4, 0.5) is 9.18 Å². The standard InChI is InChI=1S/C20H17ClFNO5S/c1-2-27-16-10-12(9-15(21)18(16)24)11-17-19(25)23(20(26)29-17)7-8-28-14-5-3-13(22)4-6-14/h3-6,9-11,24H,2,7-8H2,1H3/b17-11-. The monoisotopic (exact) mass is 437 g/mol. The fraction of sp³-hybridized carbons (Fsp3) is 0.200. The first-order valence-corrected chi connectivity index (χ1v) is 9.87. The van der Waals surface area contributed by atoms with Gasteiger partial charge in [0.2, 0.25) is 0 Å². The maximum atomic E-state index is 12.9. The van der Waals surface area contributed by atoms with Crippen molar-refractivity contribution >= 4 is 40.6 Å². The van der Waals surface area contributed by atoms with Gasteiger partial charge >= 0.3 is 0 Å². The van der Waals surface area contributed by atoms with Gasteiger partial charge in [0, 0.05) is 0 Å². The zero-order valence-corrected chi connectivity index (χ0v) is 16.9. The highest BCUT2D eigenvalue weighted by Crippen LogP contribution is 2.38. The average molecular weight is 438 g/mol. The molecule has 0 aliphatic carbocycles. The van der Waals surface area contributed by atoms with Crippen LogP contribution in [0.2, 0.25) is 5.02 Å². The van der Waals surface area contributed by atoms with Crippen LogP contribution in [-0.2, 0) is 4.79 Å². The van der Waals surface area contributed by atoms with E-state index in [2.05, 4.69) is 0 Å². The van der Waals surface area contributed by atoms with Crippen LogP contribution in [0.25, 0.3) is 6.08 Å². The second-order valence-electron chi connectivity index (χ2n) is 5.92. The lowest BCUT2D eigenvalue weighted by Crippen LogP contribution is -2.32. The van der Waals surface area contributed by atoms with Crippen molar-refractivity contribution in [3.8, 4) is 17.2 Å². The van der Waals surface area contributed by atoms with E-state index in [4.69, 9.17) is 21.1 Å². The number of halogens is 2. The number of hydrogen-bond donors (Lipinski definition) is 1. The number of imide groups is 1. The molecule has 2 amide bonds. The fourth-order valence-corrected chi connectivity index (χ4v) is 3.66. The number of hydrogen-bond acceptors (Lipinski definition) is 6. The summed E-state index contributed by atoms with van der Waals surface area (Å²) in [6, 6.07) is 8.47. The summed E-state index contributed by atoms with van der Waals surface area (Å²) in [5, 5.41) is 9.57. The summed E-state index contributed by atoms with van der Waals surface area (Å²) < 4.78 is 23.7. The SMILES string of the molecule is CCOc1cc(/C=C2\SC(=O)N(CCOc3ccc(F)cc3)C2=O)cc(Cl)c1O. The van der Waals surface area contributed by atoms with Crippen LogP contribution in [0.3, 0.4) is 0 Å². The molecule has 1 heterocycles. The molecule has 2 aromatic rings. The van der Waals surface area contributed by atoms with Crippen LogP contribution >= 0.6 is 23.4 Å². The van der Waals surface area contributed by atoms with Gasteiger partial charge in [-0.15, -0.1) is 0 Å². The first kappa shape index (κ1) is 21.0. The van der Waals surface area contributed by atoms with Crippen molar-refractivity contribution in [2.45, 2.75) is 6.92 Å². The number of carbonyl (C=O) groups is 2. The van der Waals surface area contributed by atoms with E-state index in [1.807, 2.05) is 0 Å². The van der Waals surface area contributed by atoms with Crippen LogP contribution in [0.1, 0.15) is 12.5 Å². The maximum absolute atomic E-state index is 12.9. The molecule has 6 nitrogen and oxygen atoms in total. The molecule has 29 heavy (non-hydrogen) atoms. The smallest absolute Gasteiger partial charge is 0.293 e. The summed E-state index contributed by atoms with van der Waals surface area (Å²) in [5.41, 5.74) is 0.518. The van der Waals surface area contributed by atoms with E-state index in [0.717, 1.165) is 16.7 Å². The van der Waals surface area contributed by atoms with E-state index in [0.29, 0.717) is 17.9 Å². The van der Waals surface area contributed by atoms with E-state index < -0.39 is 11.1 Å². The van der Waals surface area contributed by atoms with E-state index >= 15 is 0 Å². The minimum Gasteiger partial charge on any atom is -0.503 e. The lowest BCUT2D eigenvalue weighted by molar-refractivity contribution is -0.123. The highest BCUT2D eigenvalue weighted by molar-refractivity contribution is 8.18. The summed E-state index contributed by atoms with van der Waals surface area (Å²) in [6.07, 6.45) is 1.51. The molecule has 0 spiro atoms. The zero-order valence-electron chi connectivity index (χ0n) is 15.4. The van der Waals surface area contributed by atoms with Gasteiger partial charge in [0.15, 0.2) is 11.5 Å². The van der Waals surface area contributed by atoms with E-state index in [1.165, 1.54) is 42.5 Å². The molecule has 0 aromatic heterocycles. The Balaban J connectivity index is 1.69. The molecule has 1 aliphatic heterocycles. The fourth-order valence-electron chi connectivity index (χ4n) is 2.57. The van der Waals surface area contributed by atoms with Crippen LogP contribution < -0.4 is 9.47 Å². The number of nitrogens with zero attached hydrogens (tertiary/aromatic N) is 1. The van der Waals surface area contributed by atoms with Crippen molar-refractivity contribution in [3.05, 3.63) is 57.7 Å². The lowest BCUT2D eigenvalue weighted by atomic mass is 10.2. The molecule has 0 bridgehead atoms. The molecular weight excluding hydrogens is 421 g/mol. The molecule has 1 N–H and O–H groups in total. The normalized spacial score (nSPS) is 15.3. The highest BCUT2D eigenvalue weighted by Gasteiger charge is 2.34. The maximum Gasteiger partial charge on any atom is 0.293 e. The van der Waals surface area contributed by atoms with Gasteiger partial charge in [-0.25, -0.2) is 4.39 Å². The molecule has 3 rings (SSSR count). The molecule has 0 atom stereocenters. The number of ether oxygens (including phenoxy) is 2. The molecule has 1 aliphatic rings. The summed E-state index contributed by atoms with van der Waals surface area (Å²) in [5.74, 6) is -0.383. The number of aromatic hydroxyl groups is 1. The van der Waals surface area contributed by atoms with Gasteiger partial charge in [0.25, 0.3) is 11.1 Å². The molecule has 9 heteroatoms. The number of amides is 2. The van der Waals surface area contributed by atoms with Crippen LogP contribution in [0.5, 0.6) is 17.2 Å². The third-order valence-electron chi connectivity index (χ3n) is 3.92. The molecule has 2 aromatic carbocycles. The molecule has 152 valence electrons. The van der Waals surface area contributed by atoms with Gasteiger partial charge in [-0.1, -0.05) is 11.6 Å². The Labute approximate surface area is 175 Å². The third kappa shape index (κ3) is 5.02. The molecule has 0 radical (unpaired) electrons. The second kappa shape index (κ2) is 9.19. The lowest BCUT2D eigenvalue weighted by Gasteiger charge is -2.13. The van der Waals surface area contributed by atoms with Gasteiger partial charge < -0.3 is 14.6 Å². The highest BCUT2D eigenvalue weighted by atomic mass is 35.5. The Morgan fingerprint density at radius 2 is 1.93 bits per heavy atom. The summed E-state index contributed by atoms with van der Waals surface area (Å²) in [7, 11) is 0. The van der Waals surface area contributed by atoms with Gasteiger partial charge in [-0.2, -0.15) is 0 Å². The Morgan fingerprint density at radius 1 is 1.21 bits per heavy atom. The van der Waals surface area contributed by atoms with Gasteiger partial charge in [0.1, 0.15) is 18.2 Å².